The van der Waals surface area contributed by atoms with Crippen LogP contribution in [0.4, 0.5) is 0 Å². The molecule has 1 unspecified atom stereocenters. The van der Waals surface area contributed by atoms with Gasteiger partial charge in [0.25, 0.3) is 0 Å². The first-order valence-corrected chi connectivity index (χ1v) is 5.36. The Balaban J connectivity index is 2.45. The SMILES string of the molecule is CC1CN(CCC(N)=S)C(C)(C)C1. The third-order valence-electron chi connectivity index (χ3n) is 2.86. The monoisotopic (exact) mass is 200 g/mol. The molecule has 1 atom stereocenters. The number of nitrogens with two attached hydrogens (primary N) is 1. The molecule has 0 aromatic heterocycles. The van der Waals surface area contributed by atoms with Crippen LogP contribution in [0.1, 0.15) is 33.6 Å². The quantitative estimate of drug-likeness (QED) is 0.704. The van der Waals surface area contributed by atoms with E-state index in [2.05, 4.69) is 25.7 Å². The van der Waals surface area contributed by atoms with Crippen molar-refractivity contribution in [3.8, 4) is 0 Å². The smallest absolute Gasteiger partial charge is 0.0740 e. The zero-order valence-corrected chi connectivity index (χ0v) is 9.66. The summed E-state index contributed by atoms with van der Waals surface area (Å²) in [4.78, 5) is 3.13. The molecule has 1 heterocycles. The Bertz CT molecular complexity index is 201. The fourth-order valence-electron chi connectivity index (χ4n) is 2.31. The highest BCUT2D eigenvalue weighted by atomic mass is 32.1. The minimum absolute atomic E-state index is 0.338. The molecule has 0 aromatic rings. The molecular formula is C10H20N2S. The molecule has 0 bridgehead atoms. The van der Waals surface area contributed by atoms with E-state index in [1.807, 2.05) is 0 Å². The van der Waals surface area contributed by atoms with Gasteiger partial charge in [-0.15, -0.1) is 0 Å². The third kappa shape index (κ3) is 2.92. The Morgan fingerprint density at radius 1 is 1.62 bits per heavy atom. The molecule has 0 aromatic carbocycles. The maximum atomic E-state index is 5.50. The van der Waals surface area contributed by atoms with Gasteiger partial charge in [-0.2, -0.15) is 0 Å². The van der Waals surface area contributed by atoms with Crippen LogP contribution in [0.3, 0.4) is 0 Å². The molecule has 3 heteroatoms. The second-order valence-electron chi connectivity index (χ2n) is 4.78. The predicted molar refractivity (Wildman–Crippen MR) is 60.8 cm³/mol. The number of thiocarbonyl (C=S) groups is 1. The lowest BCUT2D eigenvalue weighted by Crippen LogP contribution is -2.39. The zero-order valence-electron chi connectivity index (χ0n) is 8.84. The van der Waals surface area contributed by atoms with Crippen LogP contribution in [0, 0.1) is 5.92 Å². The lowest BCUT2D eigenvalue weighted by atomic mass is 9.97. The predicted octanol–water partition coefficient (Wildman–Crippen LogP) is 1.78. The van der Waals surface area contributed by atoms with Gasteiger partial charge in [-0.1, -0.05) is 19.1 Å². The minimum atomic E-state index is 0.338. The summed E-state index contributed by atoms with van der Waals surface area (Å²) in [5.74, 6) is 0.807. The summed E-state index contributed by atoms with van der Waals surface area (Å²) in [5, 5.41) is 0. The minimum Gasteiger partial charge on any atom is -0.393 e. The van der Waals surface area contributed by atoms with E-state index in [9.17, 15) is 0 Å². The number of nitrogens with zero attached hydrogens (tertiary/aromatic N) is 1. The molecule has 13 heavy (non-hydrogen) atoms. The Labute approximate surface area is 86.5 Å². The molecule has 2 N–H and O–H groups in total. The van der Waals surface area contributed by atoms with Crippen LogP contribution in [0.15, 0.2) is 0 Å². The van der Waals surface area contributed by atoms with E-state index in [1.165, 1.54) is 13.0 Å². The van der Waals surface area contributed by atoms with Gasteiger partial charge in [0.1, 0.15) is 0 Å². The van der Waals surface area contributed by atoms with E-state index in [0.29, 0.717) is 10.5 Å². The fourth-order valence-corrected chi connectivity index (χ4v) is 2.40. The molecule has 1 rings (SSSR count). The van der Waals surface area contributed by atoms with Gasteiger partial charge >= 0.3 is 0 Å². The first-order chi connectivity index (χ1) is 5.92. The van der Waals surface area contributed by atoms with E-state index in [1.54, 1.807) is 0 Å². The maximum Gasteiger partial charge on any atom is 0.0740 e. The Morgan fingerprint density at radius 2 is 2.23 bits per heavy atom. The average molecular weight is 200 g/mol. The molecule has 1 saturated heterocycles. The van der Waals surface area contributed by atoms with Crippen molar-refractivity contribution in [2.75, 3.05) is 13.1 Å². The molecule has 1 aliphatic rings. The van der Waals surface area contributed by atoms with Gasteiger partial charge in [0.15, 0.2) is 0 Å². The van der Waals surface area contributed by atoms with Crippen LogP contribution in [0.2, 0.25) is 0 Å². The van der Waals surface area contributed by atoms with E-state index < -0.39 is 0 Å². The summed E-state index contributed by atoms with van der Waals surface area (Å²) in [6, 6.07) is 0. The molecule has 0 amide bonds. The Kier molecular flexibility index (Phi) is 3.30. The molecule has 1 aliphatic heterocycles. The van der Waals surface area contributed by atoms with Crippen molar-refractivity contribution in [3.63, 3.8) is 0 Å². The van der Waals surface area contributed by atoms with Crippen molar-refractivity contribution in [1.29, 1.82) is 0 Å². The molecule has 0 aliphatic carbocycles. The maximum absolute atomic E-state index is 5.50. The van der Waals surface area contributed by atoms with Crippen molar-refractivity contribution in [1.82, 2.24) is 4.90 Å². The second kappa shape index (κ2) is 3.93. The lowest BCUT2D eigenvalue weighted by molar-refractivity contribution is 0.180. The summed E-state index contributed by atoms with van der Waals surface area (Å²) in [7, 11) is 0. The summed E-state index contributed by atoms with van der Waals surface area (Å²) in [6.07, 6.45) is 2.13. The first-order valence-electron chi connectivity index (χ1n) is 4.95. The van der Waals surface area contributed by atoms with Crippen LogP contribution in [0.25, 0.3) is 0 Å². The first kappa shape index (κ1) is 10.9. The van der Waals surface area contributed by atoms with E-state index in [-0.39, 0.29) is 0 Å². The van der Waals surface area contributed by atoms with E-state index in [0.717, 1.165) is 18.9 Å². The molecule has 0 spiro atoms. The highest BCUT2D eigenvalue weighted by Gasteiger charge is 2.35. The number of hydrogen-bond donors (Lipinski definition) is 1. The average Bonchev–Trinajstić information content (AvgIpc) is 2.19. The molecule has 1 fully saturated rings. The van der Waals surface area contributed by atoms with Crippen LogP contribution in [0.5, 0.6) is 0 Å². The van der Waals surface area contributed by atoms with E-state index in [4.69, 9.17) is 18.0 Å². The van der Waals surface area contributed by atoms with Crippen LogP contribution < -0.4 is 5.73 Å². The van der Waals surface area contributed by atoms with Crippen molar-refractivity contribution < 1.29 is 0 Å². The zero-order chi connectivity index (χ0) is 10.1. The topological polar surface area (TPSA) is 29.3 Å². The van der Waals surface area contributed by atoms with Gasteiger partial charge in [0, 0.05) is 25.0 Å². The van der Waals surface area contributed by atoms with Crippen molar-refractivity contribution >= 4 is 17.2 Å². The Morgan fingerprint density at radius 3 is 2.62 bits per heavy atom. The van der Waals surface area contributed by atoms with Crippen LogP contribution >= 0.6 is 12.2 Å². The summed E-state index contributed by atoms with van der Waals surface area (Å²) in [5.41, 5.74) is 5.84. The van der Waals surface area contributed by atoms with Gasteiger partial charge in [-0.3, -0.25) is 4.90 Å². The highest BCUT2D eigenvalue weighted by Crippen LogP contribution is 2.31. The van der Waals surface area contributed by atoms with Crippen LogP contribution in [-0.2, 0) is 0 Å². The Hall–Kier alpha value is -0.150. The molecule has 0 radical (unpaired) electrons. The summed E-state index contributed by atoms with van der Waals surface area (Å²) < 4.78 is 0. The number of hydrogen-bond acceptors (Lipinski definition) is 2. The molecule has 2 nitrogen and oxygen atoms in total. The van der Waals surface area contributed by atoms with Crippen molar-refractivity contribution in [3.05, 3.63) is 0 Å². The highest BCUT2D eigenvalue weighted by molar-refractivity contribution is 7.80. The molecule has 76 valence electrons. The van der Waals surface area contributed by atoms with Gasteiger partial charge in [-0.05, 0) is 26.2 Å². The standard InChI is InChI=1S/C10H20N2S/c1-8-6-10(2,3)12(7-8)5-4-9(11)13/h8H,4-7H2,1-3H3,(H2,11,13). The number of rotatable bonds is 3. The third-order valence-corrected chi connectivity index (χ3v) is 3.07. The van der Waals surface area contributed by atoms with Crippen LogP contribution in [-0.4, -0.2) is 28.5 Å². The summed E-state index contributed by atoms with van der Waals surface area (Å²) in [6.45, 7) is 9.12. The molecule has 0 saturated carbocycles. The summed E-state index contributed by atoms with van der Waals surface area (Å²) >= 11 is 4.89. The second-order valence-corrected chi connectivity index (χ2v) is 5.31. The lowest BCUT2D eigenvalue weighted by Gasteiger charge is -2.31. The van der Waals surface area contributed by atoms with Gasteiger partial charge in [0.2, 0.25) is 0 Å². The van der Waals surface area contributed by atoms with Crippen molar-refractivity contribution in [2.24, 2.45) is 11.7 Å². The largest absolute Gasteiger partial charge is 0.393 e. The van der Waals surface area contributed by atoms with Crippen molar-refractivity contribution in [2.45, 2.75) is 39.2 Å². The molecular weight excluding hydrogens is 180 g/mol. The van der Waals surface area contributed by atoms with E-state index >= 15 is 0 Å². The number of likely N-dealkylation sites (tertiary alicyclic amines) is 1. The fraction of sp³-hybridized carbons (Fsp3) is 0.900. The van der Waals surface area contributed by atoms with Gasteiger partial charge < -0.3 is 5.73 Å². The van der Waals surface area contributed by atoms with Gasteiger partial charge in [0.05, 0.1) is 4.99 Å². The van der Waals surface area contributed by atoms with Gasteiger partial charge in [-0.25, -0.2) is 0 Å². The normalized spacial score (nSPS) is 27.8.